The number of nitrogens with one attached hydrogen (secondary N) is 2. The molecule has 0 aliphatic carbocycles. The molecule has 11 heavy (non-hydrogen) atoms. The Hall–Kier alpha value is -1.03. The summed E-state index contributed by atoms with van der Waals surface area (Å²) in [6, 6.07) is -0.288. The molecule has 0 atom stereocenters. The number of rotatable bonds is 4. The van der Waals surface area contributed by atoms with Gasteiger partial charge in [-0.2, -0.15) is 0 Å². The molecule has 0 bridgehead atoms. The van der Waals surface area contributed by atoms with Crippen molar-refractivity contribution in [3.05, 3.63) is 12.3 Å². The second kappa shape index (κ2) is 7.08. The lowest BCUT2D eigenvalue weighted by Crippen LogP contribution is -2.33. The van der Waals surface area contributed by atoms with Crippen LogP contribution in [-0.2, 0) is 0 Å². The highest BCUT2D eigenvalue weighted by atomic mass is 16.3. The van der Waals surface area contributed by atoms with Crippen LogP contribution in [0.2, 0.25) is 0 Å². The van der Waals surface area contributed by atoms with Gasteiger partial charge in [0.2, 0.25) is 0 Å². The summed E-state index contributed by atoms with van der Waals surface area (Å²) in [7, 11) is 0. The molecule has 0 aromatic heterocycles. The summed E-state index contributed by atoms with van der Waals surface area (Å²) in [6.45, 7) is 2.22. The fourth-order valence-electron chi connectivity index (χ4n) is 0.473. The van der Waals surface area contributed by atoms with Crippen LogP contribution in [0, 0.1) is 0 Å². The topological polar surface area (TPSA) is 61.4 Å². The van der Waals surface area contributed by atoms with Crippen LogP contribution in [0.3, 0.4) is 0 Å². The van der Waals surface area contributed by atoms with Gasteiger partial charge in [0.1, 0.15) is 0 Å². The maximum absolute atomic E-state index is 10.7. The van der Waals surface area contributed by atoms with E-state index in [1.807, 2.05) is 13.0 Å². The predicted molar refractivity (Wildman–Crippen MR) is 43.1 cm³/mol. The van der Waals surface area contributed by atoms with E-state index in [9.17, 15) is 4.79 Å². The van der Waals surface area contributed by atoms with Gasteiger partial charge in [0.05, 0.1) is 6.61 Å². The Morgan fingerprint density at radius 2 is 2.36 bits per heavy atom. The third-order valence-corrected chi connectivity index (χ3v) is 0.965. The van der Waals surface area contributed by atoms with E-state index in [1.165, 1.54) is 0 Å². The van der Waals surface area contributed by atoms with Gasteiger partial charge in [-0.15, -0.1) is 0 Å². The maximum atomic E-state index is 10.7. The zero-order valence-corrected chi connectivity index (χ0v) is 6.63. The van der Waals surface area contributed by atoms with Crippen LogP contribution >= 0.6 is 0 Å². The summed E-state index contributed by atoms with van der Waals surface area (Å²) in [4.78, 5) is 10.7. The van der Waals surface area contributed by atoms with Crippen LogP contribution in [0.5, 0.6) is 0 Å². The highest BCUT2D eigenvalue weighted by molar-refractivity contribution is 5.74. The normalized spacial score (nSPS) is 10.0. The molecule has 4 nitrogen and oxygen atoms in total. The predicted octanol–water partition coefficient (Wildman–Crippen LogP) is 0.202. The van der Waals surface area contributed by atoms with Gasteiger partial charge in [0.15, 0.2) is 0 Å². The molecule has 64 valence electrons. The number of aliphatic hydroxyl groups is 1. The second-order valence-corrected chi connectivity index (χ2v) is 1.93. The molecule has 0 heterocycles. The monoisotopic (exact) mass is 158 g/mol. The summed E-state index contributed by atoms with van der Waals surface area (Å²) in [6.07, 6.45) is 4.30. The number of urea groups is 1. The Kier molecular flexibility index (Phi) is 6.42. The number of allylic oxidation sites excluding steroid dienone is 1. The van der Waals surface area contributed by atoms with Crippen molar-refractivity contribution in [3.63, 3.8) is 0 Å². The minimum absolute atomic E-state index is 0.0368. The Balaban J connectivity index is 3.29. The molecule has 4 heteroatoms. The van der Waals surface area contributed by atoms with Gasteiger partial charge in [-0.3, -0.25) is 0 Å². The summed E-state index contributed by atoms with van der Waals surface area (Å²) in [5, 5.41) is 13.2. The molecule has 2 amide bonds. The number of aliphatic hydroxyl groups excluding tert-OH is 1. The Bertz CT molecular complexity index is 134. The zero-order valence-electron chi connectivity index (χ0n) is 6.63. The van der Waals surface area contributed by atoms with Gasteiger partial charge in [-0.25, -0.2) is 4.79 Å². The molecular weight excluding hydrogens is 144 g/mol. The molecule has 0 saturated heterocycles. The standard InChI is InChI=1S/C7H14N2O2/c1-2-3-4-8-7(11)9-5-6-10/h3-4,10H,2,5-6H2,1H3,(H2,8,9,11)/b4-3+. The minimum Gasteiger partial charge on any atom is -0.395 e. The number of carbonyl (C=O) groups is 1. The van der Waals surface area contributed by atoms with Gasteiger partial charge >= 0.3 is 6.03 Å². The van der Waals surface area contributed by atoms with Crippen molar-refractivity contribution < 1.29 is 9.90 Å². The first-order valence-corrected chi connectivity index (χ1v) is 3.61. The van der Waals surface area contributed by atoms with Crippen molar-refractivity contribution in [1.29, 1.82) is 0 Å². The molecule has 0 aromatic rings. The molecule has 0 saturated carbocycles. The number of hydrogen-bond acceptors (Lipinski definition) is 2. The summed E-state index contributed by atoms with van der Waals surface area (Å²) >= 11 is 0. The molecule has 0 unspecified atom stereocenters. The SMILES string of the molecule is CC/C=C/NC(=O)NCCO. The van der Waals surface area contributed by atoms with E-state index in [-0.39, 0.29) is 19.2 Å². The fraction of sp³-hybridized carbons (Fsp3) is 0.571. The van der Waals surface area contributed by atoms with Crippen LogP contribution in [0.25, 0.3) is 0 Å². The first-order valence-electron chi connectivity index (χ1n) is 3.61. The quantitative estimate of drug-likeness (QED) is 0.547. The van der Waals surface area contributed by atoms with Gasteiger partial charge < -0.3 is 15.7 Å². The van der Waals surface area contributed by atoms with Gasteiger partial charge in [-0.1, -0.05) is 13.0 Å². The molecule has 0 aromatic carbocycles. The molecule has 0 spiro atoms. The first-order chi connectivity index (χ1) is 5.31. The second-order valence-electron chi connectivity index (χ2n) is 1.93. The number of hydrogen-bond donors (Lipinski definition) is 3. The Morgan fingerprint density at radius 3 is 2.91 bits per heavy atom. The third kappa shape index (κ3) is 6.86. The molecule has 0 rings (SSSR count). The van der Waals surface area contributed by atoms with E-state index < -0.39 is 0 Å². The lowest BCUT2D eigenvalue weighted by molar-refractivity contribution is 0.237. The molecule has 0 aliphatic heterocycles. The fourth-order valence-corrected chi connectivity index (χ4v) is 0.473. The molecular formula is C7H14N2O2. The van der Waals surface area contributed by atoms with Gasteiger partial charge in [0.25, 0.3) is 0 Å². The van der Waals surface area contributed by atoms with E-state index in [0.717, 1.165) is 6.42 Å². The summed E-state index contributed by atoms with van der Waals surface area (Å²) in [5.41, 5.74) is 0. The average Bonchev–Trinajstić information content (AvgIpc) is 2.01. The number of amides is 2. The van der Waals surface area contributed by atoms with E-state index in [0.29, 0.717) is 0 Å². The largest absolute Gasteiger partial charge is 0.395 e. The zero-order chi connectivity index (χ0) is 8.53. The van der Waals surface area contributed by atoms with Crippen molar-refractivity contribution >= 4 is 6.03 Å². The first kappa shape index (κ1) is 9.97. The molecule has 0 fully saturated rings. The molecule has 0 aliphatic rings. The van der Waals surface area contributed by atoms with E-state index in [4.69, 9.17) is 5.11 Å². The van der Waals surface area contributed by atoms with E-state index in [2.05, 4.69) is 10.6 Å². The minimum atomic E-state index is -0.288. The smallest absolute Gasteiger partial charge is 0.318 e. The van der Waals surface area contributed by atoms with Crippen molar-refractivity contribution in [2.24, 2.45) is 0 Å². The lowest BCUT2D eigenvalue weighted by Gasteiger charge is -2.00. The van der Waals surface area contributed by atoms with Crippen LogP contribution < -0.4 is 10.6 Å². The maximum Gasteiger partial charge on any atom is 0.318 e. The van der Waals surface area contributed by atoms with Gasteiger partial charge in [-0.05, 0) is 6.42 Å². The van der Waals surface area contributed by atoms with Crippen LogP contribution in [0.4, 0.5) is 4.79 Å². The summed E-state index contributed by atoms with van der Waals surface area (Å²) < 4.78 is 0. The Labute approximate surface area is 66.3 Å². The molecule has 0 radical (unpaired) electrons. The third-order valence-electron chi connectivity index (χ3n) is 0.965. The number of carbonyl (C=O) groups excluding carboxylic acids is 1. The van der Waals surface area contributed by atoms with Crippen LogP contribution in [0.1, 0.15) is 13.3 Å². The van der Waals surface area contributed by atoms with Gasteiger partial charge in [0, 0.05) is 12.7 Å². The van der Waals surface area contributed by atoms with E-state index >= 15 is 0 Å². The van der Waals surface area contributed by atoms with Crippen molar-refractivity contribution in [3.8, 4) is 0 Å². The summed E-state index contributed by atoms with van der Waals surface area (Å²) in [5.74, 6) is 0. The lowest BCUT2D eigenvalue weighted by atomic mass is 10.5. The Morgan fingerprint density at radius 1 is 1.64 bits per heavy atom. The van der Waals surface area contributed by atoms with Crippen LogP contribution in [0.15, 0.2) is 12.3 Å². The van der Waals surface area contributed by atoms with Crippen LogP contribution in [-0.4, -0.2) is 24.3 Å². The average molecular weight is 158 g/mol. The van der Waals surface area contributed by atoms with E-state index in [1.54, 1.807) is 6.20 Å². The van der Waals surface area contributed by atoms with Crippen molar-refractivity contribution in [2.45, 2.75) is 13.3 Å². The molecule has 3 N–H and O–H groups in total. The highest BCUT2D eigenvalue weighted by Gasteiger charge is 1.92. The van der Waals surface area contributed by atoms with Crippen molar-refractivity contribution in [2.75, 3.05) is 13.2 Å². The van der Waals surface area contributed by atoms with Crippen molar-refractivity contribution in [1.82, 2.24) is 10.6 Å². The highest BCUT2D eigenvalue weighted by Crippen LogP contribution is 1.75.